The molecule has 8 heteroatoms. The second-order valence-corrected chi connectivity index (χ2v) is 8.20. The molecule has 0 bridgehead atoms. The minimum absolute atomic E-state index is 0.241. The van der Waals surface area contributed by atoms with Crippen molar-refractivity contribution < 1.29 is 14.1 Å². The highest BCUT2D eigenvalue weighted by molar-refractivity contribution is 6.30. The SMILES string of the molecule is CCN1CCN(Cc2ccc(Nc3onc(-c4ccc(Cl)cc4)c3C(=O)OC)cc2)CC1. The van der Waals surface area contributed by atoms with Crippen LogP contribution < -0.4 is 5.32 Å². The summed E-state index contributed by atoms with van der Waals surface area (Å²) in [4.78, 5) is 17.4. The lowest BCUT2D eigenvalue weighted by Gasteiger charge is -2.34. The van der Waals surface area contributed by atoms with E-state index < -0.39 is 5.97 Å². The summed E-state index contributed by atoms with van der Waals surface area (Å²) in [6.07, 6.45) is 0. The number of nitrogens with one attached hydrogen (secondary N) is 1. The lowest BCUT2D eigenvalue weighted by molar-refractivity contribution is 0.0602. The molecule has 1 saturated heterocycles. The number of likely N-dealkylation sites (N-methyl/N-ethyl adjacent to an activating group) is 1. The first-order valence-electron chi connectivity index (χ1n) is 10.7. The van der Waals surface area contributed by atoms with Gasteiger partial charge in [0.15, 0.2) is 5.56 Å². The lowest BCUT2D eigenvalue weighted by atomic mass is 10.1. The maximum atomic E-state index is 12.5. The van der Waals surface area contributed by atoms with Gasteiger partial charge in [0.25, 0.3) is 0 Å². The van der Waals surface area contributed by atoms with Gasteiger partial charge < -0.3 is 19.5 Å². The van der Waals surface area contributed by atoms with Crippen LogP contribution in [-0.2, 0) is 11.3 Å². The summed E-state index contributed by atoms with van der Waals surface area (Å²) in [5.41, 5.74) is 3.40. The Morgan fingerprint density at radius 2 is 1.72 bits per heavy atom. The van der Waals surface area contributed by atoms with Crippen molar-refractivity contribution in [2.24, 2.45) is 0 Å². The standard InChI is InChI=1S/C24H27ClN4O3/c1-3-28-12-14-29(15-13-28)16-17-4-10-20(11-5-17)26-23-21(24(30)31-2)22(27-32-23)18-6-8-19(25)9-7-18/h4-11,26H,3,12-16H2,1-2H3. The Labute approximate surface area is 192 Å². The molecule has 2 heterocycles. The number of esters is 1. The molecule has 1 aliphatic heterocycles. The number of hydrogen-bond donors (Lipinski definition) is 1. The highest BCUT2D eigenvalue weighted by Gasteiger charge is 2.25. The Bertz CT molecular complexity index is 1040. The number of carbonyl (C=O) groups excluding carboxylic acids is 1. The summed E-state index contributed by atoms with van der Waals surface area (Å²) in [6.45, 7) is 8.66. The minimum atomic E-state index is -0.526. The van der Waals surface area contributed by atoms with E-state index >= 15 is 0 Å². The molecule has 0 radical (unpaired) electrons. The Kier molecular flexibility index (Phi) is 7.09. The van der Waals surface area contributed by atoms with Gasteiger partial charge in [-0.1, -0.05) is 47.9 Å². The first-order chi connectivity index (χ1) is 15.6. The number of nitrogens with zero attached hydrogens (tertiary/aromatic N) is 3. The maximum absolute atomic E-state index is 12.5. The molecule has 1 N–H and O–H groups in total. The smallest absolute Gasteiger partial charge is 0.345 e. The van der Waals surface area contributed by atoms with Crippen molar-refractivity contribution in [3.63, 3.8) is 0 Å². The molecule has 1 aliphatic rings. The number of rotatable bonds is 7. The normalized spacial score (nSPS) is 15.0. The zero-order valence-electron chi connectivity index (χ0n) is 18.3. The molecule has 1 aromatic heterocycles. The molecular weight excluding hydrogens is 428 g/mol. The average molecular weight is 455 g/mol. The van der Waals surface area contributed by atoms with E-state index in [0.717, 1.165) is 45.0 Å². The highest BCUT2D eigenvalue weighted by Crippen LogP contribution is 2.32. The molecule has 2 aromatic carbocycles. The van der Waals surface area contributed by atoms with Crippen molar-refractivity contribution in [1.82, 2.24) is 15.0 Å². The van der Waals surface area contributed by atoms with Crippen LogP contribution in [0.25, 0.3) is 11.3 Å². The van der Waals surface area contributed by atoms with Crippen molar-refractivity contribution in [2.75, 3.05) is 45.2 Å². The quantitative estimate of drug-likeness (QED) is 0.520. The van der Waals surface area contributed by atoms with E-state index in [0.29, 0.717) is 16.3 Å². The lowest BCUT2D eigenvalue weighted by Crippen LogP contribution is -2.45. The monoisotopic (exact) mass is 454 g/mol. The van der Waals surface area contributed by atoms with E-state index in [-0.39, 0.29) is 11.4 Å². The van der Waals surface area contributed by atoms with E-state index in [2.05, 4.69) is 39.3 Å². The molecule has 4 rings (SSSR count). The van der Waals surface area contributed by atoms with E-state index in [1.165, 1.54) is 12.7 Å². The molecule has 0 aliphatic carbocycles. The van der Waals surface area contributed by atoms with Gasteiger partial charge in [-0.15, -0.1) is 0 Å². The first kappa shape index (κ1) is 22.3. The van der Waals surface area contributed by atoms with Crippen LogP contribution in [0.15, 0.2) is 53.1 Å². The van der Waals surface area contributed by atoms with Gasteiger partial charge in [0.1, 0.15) is 5.69 Å². The molecule has 0 atom stereocenters. The summed E-state index contributed by atoms with van der Waals surface area (Å²) in [5, 5.41) is 7.85. The number of halogens is 1. The van der Waals surface area contributed by atoms with Crippen LogP contribution in [0.5, 0.6) is 0 Å². The van der Waals surface area contributed by atoms with Gasteiger partial charge in [0.2, 0.25) is 5.88 Å². The molecule has 0 saturated carbocycles. The molecule has 7 nitrogen and oxygen atoms in total. The number of hydrogen-bond acceptors (Lipinski definition) is 7. The predicted molar refractivity (Wildman–Crippen MR) is 125 cm³/mol. The second-order valence-electron chi connectivity index (χ2n) is 7.77. The van der Waals surface area contributed by atoms with Crippen LogP contribution >= 0.6 is 11.6 Å². The second kappa shape index (κ2) is 10.2. The maximum Gasteiger partial charge on any atom is 0.345 e. The van der Waals surface area contributed by atoms with E-state index in [9.17, 15) is 4.79 Å². The number of carbonyl (C=O) groups is 1. The number of ether oxygens (including phenoxy) is 1. The van der Waals surface area contributed by atoms with Crippen molar-refractivity contribution in [3.05, 3.63) is 64.7 Å². The van der Waals surface area contributed by atoms with E-state index in [1.54, 1.807) is 24.3 Å². The van der Waals surface area contributed by atoms with E-state index in [1.807, 2.05) is 12.1 Å². The average Bonchev–Trinajstić information content (AvgIpc) is 3.24. The first-order valence-corrected chi connectivity index (χ1v) is 11.1. The fourth-order valence-electron chi connectivity index (χ4n) is 3.82. The third-order valence-electron chi connectivity index (χ3n) is 5.73. The number of aromatic nitrogens is 1. The van der Waals surface area contributed by atoms with Gasteiger partial charge in [-0.25, -0.2) is 4.79 Å². The van der Waals surface area contributed by atoms with Gasteiger partial charge in [-0.05, 0) is 36.4 Å². The molecule has 0 spiro atoms. The van der Waals surface area contributed by atoms with Gasteiger partial charge >= 0.3 is 5.97 Å². The zero-order chi connectivity index (χ0) is 22.5. The third-order valence-corrected chi connectivity index (χ3v) is 5.98. The van der Waals surface area contributed by atoms with Crippen LogP contribution in [0.3, 0.4) is 0 Å². The third kappa shape index (κ3) is 5.12. The molecule has 0 amide bonds. The molecule has 1 fully saturated rings. The summed E-state index contributed by atoms with van der Waals surface area (Å²) in [7, 11) is 1.33. The number of piperazine rings is 1. The summed E-state index contributed by atoms with van der Waals surface area (Å²) in [5.74, 6) is -0.285. The highest BCUT2D eigenvalue weighted by atomic mass is 35.5. The number of benzene rings is 2. The van der Waals surface area contributed by atoms with Crippen molar-refractivity contribution in [2.45, 2.75) is 13.5 Å². The Morgan fingerprint density at radius 3 is 2.34 bits per heavy atom. The molecular formula is C24H27ClN4O3. The molecule has 32 heavy (non-hydrogen) atoms. The molecule has 0 unspecified atom stereocenters. The Balaban J connectivity index is 1.48. The Hall–Kier alpha value is -2.87. The van der Waals surface area contributed by atoms with Crippen molar-refractivity contribution in [3.8, 4) is 11.3 Å². The summed E-state index contributed by atoms with van der Waals surface area (Å²) >= 11 is 5.98. The zero-order valence-corrected chi connectivity index (χ0v) is 19.1. The largest absolute Gasteiger partial charge is 0.465 e. The van der Waals surface area contributed by atoms with Gasteiger partial charge in [-0.2, -0.15) is 0 Å². The topological polar surface area (TPSA) is 70.8 Å². The van der Waals surface area contributed by atoms with Crippen LogP contribution in [0.4, 0.5) is 11.6 Å². The van der Waals surface area contributed by atoms with Gasteiger partial charge in [0.05, 0.1) is 7.11 Å². The summed E-state index contributed by atoms with van der Waals surface area (Å²) < 4.78 is 10.4. The number of anilines is 2. The van der Waals surface area contributed by atoms with Crippen LogP contribution in [0.1, 0.15) is 22.8 Å². The fraction of sp³-hybridized carbons (Fsp3) is 0.333. The van der Waals surface area contributed by atoms with Crippen LogP contribution in [0.2, 0.25) is 5.02 Å². The predicted octanol–water partition coefficient (Wildman–Crippen LogP) is 4.66. The number of methoxy groups -OCH3 is 1. The van der Waals surface area contributed by atoms with Crippen molar-refractivity contribution in [1.29, 1.82) is 0 Å². The van der Waals surface area contributed by atoms with E-state index in [4.69, 9.17) is 20.9 Å². The van der Waals surface area contributed by atoms with Crippen LogP contribution in [0, 0.1) is 0 Å². The fourth-order valence-corrected chi connectivity index (χ4v) is 3.94. The minimum Gasteiger partial charge on any atom is -0.465 e. The van der Waals surface area contributed by atoms with Crippen molar-refractivity contribution >= 4 is 29.1 Å². The Morgan fingerprint density at radius 1 is 1.06 bits per heavy atom. The molecule has 3 aromatic rings. The summed E-state index contributed by atoms with van der Waals surface area (Å²) in [6, 6.07) is 15.2. The van der Waals surface area contributed by atoms with Gasteiger partial charge in [-0.3, -0.25) is 4.90 Å². The van der Waals surface area contributed by atoms with Gasteiger partial charge in [0, 0.05) is 49.0 Å². The molecule has 168 valence electrons. The van der Waals surface area contributed by atoms with Crippen LogP contribution in [-0.4, -0.2) is 60.8 Å².